The van der Waals surface area contributed by atoms with E-state index in [-0.39, 0.29) is 18.5 Å². The smallest absolute Gasteiger partial charge is 0.304 e. The van der Waals surface area contributed by atoms with Crippen molar-refractivity contribution in [1.29, 1.82) is 0 Å². The number of nitrogens with two attached hydrogens (primary N) is 1. The van der Waals surface area contributed by atoms with E-state index in [1.54, 1.807) is 0 Å². The minimum atomic E-state index is -0.796. The molecule has 2 unspecified atom stereocenters. The first-order valence-electron chi connectivity index (χ1n) is 6.16. The van der Waals surface area contributed by atoms with Gasteiger partial charge in [0.25, 0.3) is 0 Å². The van der Waals surface area contributed by atoms with Gasteiger partial charge in [-0.1, -0.05) is 19.3 Å². The van der Waals surface area contributed by atoms with E-state index in [2.05, 4.69) is 4.90 Å². The van der Waals surface area contributed by atoms with Gasteiger partial charge in [-0.05, 0) is 32.9 Å². The van der Waals surface area contributed by atoms with Crippen LogP contribution in [-0.2, 0) is 4.79 Å². The van der Waals surface area contributed by atoms with Crippen LogP contribution < -0.4 is 5.73 Å². The van der Waals surface area contributed by atoms with Gasteiger partial charge in [0.1, 0.15) is 0 Å². The predicted molar refractivity (Wildman–Crippen MR) is 64.3 cm³/mol. The lowest BCUT2D eigenvalue weighted by molar-refractivity contribution is -0.137. The minimum Gasteiger partial charge on any atom is -0.481 e. The van der Waals surface area contributed by atoms with Crippen molar-refractivity contribution in [3.05, 3.63) is 0 Å². The highest BCUT2D eigenvalue weighted by atomic mass is 16.4. The van der Waals surface area contributed by atoms with Crippen molar-refractivity contribution in [1.82, 2.24) is 4.90 Å². The minimum absolute atomic E-state index is 0.0688. The van der Waals surface area contributed by atoms with Crippen molar-refractivity contribution in [3.63, 3.8) is 0 Å². The second-order valence-electron chi connectivity index (χ2n) is 5.11. The molecule has 0 spiro atoms. The predicted octanol–water partition coefficient (Wildman–Crippen LogP) is 1.30. The Morgan fingerprint density at radius 1 is 1.38 bits per heavy atom. The lowest BCUT2D eigenvalue weighted by Gasteiger charge is -2.38. The Hall–Kier alpha value is -0.610. The summed E-state index contributed by atoms with van der Waals surface area (Å²) in [4.78, 5) is 12.8. The summed E-state index contributed by atoms with van der Waals surface area (Å²) >= 11 is 0. The van der Waals surface area contributed by atoms with E-state index in [0.29, 0.717) is 5.92 Å². The van der Waals surface area contributed by atoms with Crippen molar-refractivity contribution in [3.8, 4) is 0 Å². The highest BCUT2D eigenvalue weighted by Crippen LogP contribution is 2.29. The zero-order valence-electron chi connectivity index (χ0n) is 10.4. The first-order chi connectivity index (χ1) is 7.52. The number of carbonyl (C=O) groups is 1. The number of carboxylic acid groups (broad SMARTS) is 1. The SMILES string of the molecule is CN(C)C(C(N)CC(=O)O)C1CCCCC1. The zero-order valence-corrected chi connectivity index (χ0v) is 10.4. The van der Waals surface area contributed by atoms with Crippen LogP contribution >= 0.6 is 0 Å². The molecule has 1 rings (SSSR count). The maximum atomic E-state index is 10.7. The molecule has 0 amide bonds. The molecular formula is C12H24N2O2. The van der Waals surface area contributed by atoms with Crippen LogP contribution in [-0.4, -0.2) is 42.2 Å². The second kappa shape index (κ2) is 6.21. The summed E-state index contributed by atoms with van der Waals surface area (Å²) in [5.74, 6) is -0.228. The quantitative estimate of drug-likeness (QED) is 0.744. The first-order valence-corrected chi connectivity index (χ1v) is 6.16. The van der Waals surface area contributed by atoms with Gasteiger partial charge in [-0.2, -0.15) is 0 Å². The summed E-state index contributed by atoms with van der Waals surface area (Å²) in [5, 5.41) is 8.81. The third kappa shape index (κ3) is 3.76. The first kappa shape index (κ1) is 13.5. The van der Waals surface area contributed by atoms with Crippen molar-refractivity contribution >= 4 is 5.97 Å². The molecule has 4 nitrogen and oxygen atoms in total. The van der Waals surface area contributed by atoms with E-state index in [0.717, 1.165) is 0 Å². The molecule has 0 aliphatic heterocycles. The lowest BCUT2D eigenvalue weighted by atomic mass is 9.80. The maximum Gasteiger partial charge on any atom is 0.304 e. The van der Waals surface area contributed by atoms with Gasteiger partial charge in [0, 0.05) is 12.1 Å². The van der Waals surface area contributed by atoms with E-state index in [4.69, 9.17) is 10.8 Å². The van der Waals surface area contributed by atoms with Crippen LogP contribution in [0.1, 0.15) is 38.5 Å². The number of aliphatic carboxylic acids is 1. The summed E-state index contributed by atoms with van der Waals surface area (Å²) < 4.78 is 0. The van der Waals surface area contributed by atoms with Gasteiger partial charge in [0.05, 0.1) is 6.42 Å². The fraction of sp³-hybridized carbons (Fsp3) is 0.917. The molecule has 16 heavy (non-hydrogen) atoms. The van der Waals surface area contributed by atoms with Crippen LogP contribution in [0, 0.1) is 5.92 Å². The molecule has 0 aromatic heterocycles. The van der Waals surface area contributed by atoms with Crippen LogP contribution in [0.15, 0.2) is 0 Å². The average Bonchev–Trinajstić information content (AvgIpc) is 2.17. The fourth-order valence-electron chi connectivity index (χ4n) is 2.95. The molecule has 1 aliphatic rings. The molecule has 94 valence electrons. The van der Waals surface area contributed by atoms with Gasteiger partial charge < -0.3 is 15.7 Å². The van der Waals surface area contributed by atoms with Crippen LogP contribution in [0.25, 0.3) is 0 Å². The molecule has 2 atom stereocenters. The molecule has 1 saturated carbocycles. The van der Waals surface area contributed by atoms with Gasteiger partial charge >= 0.3 is 5.97 Å². The molecule has 1 aliphatic carbocycles. The molecular weight excluding hydrogens is 204 g/mol. The van der Waals surface area contributed by atoms with Gasteiger partial charge in [-0.3, -0.25) is 4.79 Å². The highest BCUT2D eigenvalue weighted by molar-refractivity contribution is 5.67. The Bertz CT molecular complexity index is 225. The Kier molecular flexibility index (Phi) is 5.22. The largest absolute Gasteiger partial charge is 0.481 e. The Morgan fingerprint density at radius 2 is 1.94 bits per heavy atom. The monoisotopic (exact) mass is 228 g/mol. The second-order valence-corrected chi connectivity index (χ2v) is 5.11. The molecule has 0 heterocycles. The molecule has 0 aromatic rings. The summed E-state index contributed by atoms with van der Waals surface area (Å²) in [7, 11) is 4.00. The maximum absolute atomic E-state index is 10.7. The summed E-state index contributed by atoms with van der Waals surface area (Å²) in [6, 6.07) is -0.0491. The Balaban J connectivity index is 2.61. The van der Waals surface area contributed by atoms with E-state index in [1.165, 1.54) is 32.1 Å². The number of nitrogens with zero attached hydrogens (tertiary/aromatic N) is 1. The highest BCUT2D eigenvalue weighted by Gasteiger charge is 2.31. The number of rotatable bonds is 5. The zero-order chi connectivity index (χ0) is 12.1. The van der Waals surface area contributed by atoms with Gasteiger partial charge in [0.2, 0.25) is 0 Å². The molecule has 3 N–H and O–H groups in total. The Labute approximate surface area is 97.8 Å². The Morgan fingerprint density at radius 3 is 2.38 bits per heavy atom. The van der Waals surface area contributed by atoms with Crippen molar-refractivity contribution in [2.75, 3.05) is 14.1 Å². The summed E-state index contributed by atoms with van der Waals surface area (Å²) in [6.45, 7) is 0. The third-order valence-electron chi connectivity index (χ3n) is 3.58. The van der Waals surface area contributed by atoms with Crippen LogP contribution in [0.5, 0.6) is 0 Å². The van der Waals surface area contributed by atoms with Crippen LogP contribution in [0.4, 0.5) is 0 Å². The average molecular weight is 228 g/mol. The number of hydrogen-bond acceptors (Lipinski definition) is 3. The standard InChI is InChI=1S/C12H24N2O2/c1-14(2)12(10(13)8-11(15)16)9-6-4-3-5-7-9/h9-10,12H,3-8,13H2,1-2H3,(H,15,16). The molecule has 0 saturated heterocycles. The van der Waals surface area contributed by atoms with E-state index in [1.807, 2.05) is 14.1 Å². The van der Waals surface area contributed by atoms with Gasteiger partial charge in [-0.25, -0.2) is 0 Å². The topological polar surface area (TPSA) is 66.6 Å². The molecule has 0 aromatic carbocycles. The normalized spacial score (nSPS) is 22.0. The molecule has 4 heteroatoms. The number of hydrogen-bond donors (Lipinski definition) is 2. The van der Waals surface area contributed by atoms with Crippen LogP contribution in [0.2, 0.25) is 0 Å². The van der Waals surface area contributed by atoms with E-state index >= 15 is 0 Å². The van der Waals surface area contributed by atoms with Crippen molar-refractivity contribution < 1.29 is 9.90 Å². The molecule has 0 bridgehead atoms. The van der Waals surface area contributed by atoms with Gasteiger partial charge in [-0.15, -0.1) is 0 Å². The summed E-state index contributed by atoms with van der Waals surface area (Å²) in [6.07, 6.45) is 6.28. The van der Waals surface area contributed by atoms with E-state index in [9.17, 15) is 4.79 Å². The van der Waals surface area contributed by atoms with Crippen molar-refractivity contribution in [2.24, 2.45) is 11.7 Å². The number of carboxylic acids is 1. The third-order valence-corrected chi connectivity index (χ3v) is 3.58. The molecule has 0 radical (unpaired) electrons. The van der Waals surface area contributed by atoms with Gasteiger partial charge in [0.15, 0.2) is 0 Å². The fourth-order valence-corrected chi connectivity index (χ4v) is 2.95. The van der Waals surface area contributed by atoms with Crippen LogP contribution in [0.3, 0.4) is 0 Å². The number of likely N-dealkylation sites (N-methyl/N-ethyl adjacent to an activating group) is 1. The lowest BCUT2D eigenvalue weighted by Crippen LogP contribution is -2.50. The summed E-state index contributed by atoms with van der Waals surface area (Å²) in [5.41, 5.74) is 6.03. The molecule has 1 fully saturated rings. The van der Waals surface area contributed by atoms with E-state index < -0.39 is 5.97 Å². The van der Waals surface area contributed by atoms with Crippen molar-refractivity contribution in [2.45, 2.75) is 50.6 Å².